The molecule has 0 spiro atoms. The van der Waals surface area contributed by atoms with Gasteiger partial charge in [-0.3, -0.25) is 9.59 Å². The number of benzene rings is 1. The summed E-state index contributed by atoms with van der Waals surface area (Å²) in [6.45, 7) is 3.45. The van der Waals surface area contributed by atoms with Crippen molar-refractivity contribution in [2.45, 2.75) is 39.2 Å². The monoisotopic (exact) mass is 296 g/mol. The molecule has 0 aliphatic carbocycles. The summed E-state index contributed by atoms with van der Waals surface area (Å²) in [5.74, 6) is -2.37. The number of nitrogens with two attached hydrogens (primary N) is 1. The molecule has 0 aromatic heterocycles. The van der Waals surface area contributed by atoms with Crippen LogP contribution in [0.5, 0.6) is 0 Å². The molecule has 0 saturated carbocycles. The molecule has 0 aliphatic rings. The van der Waals surface area contributed by atoms with Crippen LogP contribution in [0.4, 0.5) is 10.1 Å². The van der Waals surface area contributed by atoms with Crippen molar-refractivity contribution < 1.29 is 19.1 Å². The van der Waals surface area contributed by atoms with Crippen LogP contribution in [0.15, 0.2) is 18.2 Å². The smallest absolute Gasteiger partial charge is 0.306 e. The maximum Gasteiger partial charge on any atom is 0.306 e. The number of hydrogen-bond donors (Lipinski definition) is 3. The van der Waals surface area contributed by atoms with E-state index in [-0.39, 0.29) is 17.3 Å². The summed E-state index contributed by atoms with van der Waals surface area (Å²) in [5, 5.41) is 11.5. The Hall–Kier alpha value is -2.11. The van der Waals surface area contributed by atoms with Crippen LogP contribution in [0.2, 0.25) is 0 Å². The van der Waals surface area contributed by atoms with Crippen molar-refractivity contribution in [3.63, 3.8) is 0 Å². The topological polar surface area (TPSA) is 92.4 Å². The zero-order chi connectivity index (χ0) is 16.0. The number of anilines is 1. The van der Waals surface area contributed by atoms with Crippen molar-refractivity contribution in [1.82, 2.24) is 5.32 Å². The molecule has 1 rings (SSSR count). The second-order valence-corrected chi connectivity index (χ2v) is 5.28. The van der Waals surface area contributed by atoms with E-state index in [4.69, 9.17) is 10.8 Å². The maximum atomic E-state index is 13.6. The van der Waals surface area contributed by atoms with E-state index < -0.39 is 23.6 Å². The quantitative estimate of drug-likeness (QED) is 0.674. The zero-order valence-electron chi connectivity index (χ0n) is 12.2. The van der Waals surface area contributed by atoms with Gasteiger partial charge in [0, 0.05) is 11.7 Å². The molecular weight excluding hydrogens is 275 g/mol. The number of carbonyl (C=O) groups excluding carboxylic acids is 1. The molecule has 2 unspecified atom stereocenters. The molecule has 0 fully saturated rings. The van der Waals surface area contributed by atoms with Gasteiger partial charge >= 0.3 is 5.97 Å². The van der Waals surface area contributed by atoms with Gasteiger partial charge in [-0.05, 0) is 38.0 Å². The molecule has 6 heteroatoms. The number of nitrogen functional groups attached to an aromatic ring is 1. The number of amides is 1. The highest BCUT2D eigenvalue weighted by molar-refractivity contribution is 5.94. The van der Waals surface area contributed by atoms with Crippen LogP contribution in [0.3, 0.4) is 0 Å². The lowest BCUT2D eigenvalue weighted by molar-refractivity contribution is -0.141. The Morgan fingerprint density at radius 2 is 2.00 bits per heavy atom. The summed E-state index contributed by atoms with van der Waals surface area (Å²) in [6, 6.07) is 3.76. The molecule has 0 heterocycles. The minimum Gasteiger partial charge on any atom is -0.481 e. The van der Waals surface area contributed by atoms with Gasteiger partial charge in [-0.2, -0.15) is 0 Å². The Bertz CT molecular complexity index is 520. The summed E-state index contributed by atoms with van der Waals surface area (Å²) in [7, 11) is 0. The third-order valence-electron chi connectivity index (χ3n) is 3.31. The summed E-state index contributed by atoms with van der Waals surface area (Å²) >= 11 is 0. The molecule has 2 atom stereocenters. The molecule has 0 saturated heterocycles. The number of nitrogens with one attached hydrogen (secondary N) is 1. The van der Waals surface area contributed by atoms with E-state index in [1.807, 2.05) is 0 Å². The molecule has 0 radical (unpaired) electrons. The van der Waals surface area contributed by atoms with Gasteiger partial charge in [-0.1, -0.05) is 13.3 Å². The molecule has 1 aromatic carbocycles. The van der Waals surface area contributed by atoms with Crippen molar-refractivity contribution >= 4 is 17.6 Å². The Labute approximate surface area is 123 Å². The Balaban J connectivity index is 2.45. The van der Waals surface area contributed by atoms with Crippen LogP contribution in [0, 0.1) is 11.7 Å². The molecule has 1 aromatic rings. The third-order valence-corrected chi connectivity index (χ3v) is 3.31. The van der Waals surface area contributed by atoms with Gasteiger partial charge in [-0.25, -0.2) is 4.39 Å². The van der Waals surface area contributed by atoms with Gasteiger partial charge in [0.25, 0.3) is 5.91 Å². The highest BCUT2D eigenvalue weighted by atomic mass is 19.1. The zero-order valence-corrected chi connectivity index (χ0v) is 12.2. The number of carboxylic acid groups (broad SMARTS) is 1. The van der Waals surface area contributed by atoms with Gasteiger partial charge in [0.1, 0.15) is 5.82 Å². The number of carbonyl (C=O) groups is 2. The van der Waals surface area contributed by atoms with E-state index in [0.717, 1.165) is 6.07 Å². The molecule has 21 heavy (non-hydrogen) atoms. The summed E-state index contributed by atoms with van der Waals surface area (Å²) < 4.78 is 13.6. The largest absolute Gasteiger partial charge is 0.481 e. The fourth-order valence-corrected chi connectivity index (χ4v) is 1.94. The van der Waals surface area contributed by atoms with E-state index in [0.29, 0.717) is 19.3 Å². The molecule has 4 N–H and O–H groups in total. The summed E-state index contributed by atoms with van der Waals surface area (Å²) in [4.78, 5) is 22.6. The van der Waals surface area contributed by atoms with Crippen LogP contribution in [0.25, 0.3) is 0 Å². The number of carboxylic acids is 1. The first-order valence-electron chi connectivity index (χ1n) is 6.90. The molecular formula is C15H21FN2O3. The minimum atomic E-state index is -0.823. The SMILES string of the molecule is CC(CCCC(C)C(=O)O)NC(=O)c1ccc(N)cc1F. The molecule has 0 aliphatic heterocycles. The predicted molar refractivity (Wildman–Crippen MR) is 78.4 cm³/mol. The summed E-state index contributed by atoms with van der Waals surface area (Å²) in [6.07, 6.45) is 1.87. The summed E-state index contributed by atoms with van der Waals surface area (Å²) in [5.41, 5.74) is 5.65. The standard InChI is InChI=1S/C15H21FN2O3/c1-9(15(20)21)4-3-5-10(2)18-14(19)12-7-6-11(17)8-13(12)16/h6-10H,3-5,17H2,1-2H3,(H,18,19)(H,20,21). The minimum absolute atomic E-state index is 0.0463. The van der Waals surface area contributed by atoms with Crippen LogP contribution in [0.1, 0.15) is 43.5 Å². The van der Waals surface area contributed by atoms with E-state index in [9.17, 15) is 14.0 Å². The Morgan fingerprint density at radius 3 is 2.57 bits per heavy atom. The first-order valence-corrected chi connectivity index (χ1v) is 6.90. The van der Waals surface area contributed by atoms with E-state index >= 15 is 0 Å². The average molecular weight is 296 g/mol. The van der Waals surface area contributed by atoms with Crippen LogP contribution in [-0.4, -0.2) is 23.0 Å². The van der Waals surface area contributed by atoms with Crippen molar-refractivity contribution in [3.8, 4) is 0 Å². The van der Waals surface area contributed by atoms with E-state index in [2.05, 4.69) is 5.32 Å². The highest BCUT2D eigenvalue weighted by Crippen LogP contribution is 2.13. The lowest BCUT2D eigenvalue weighted by Crippen LogP contribution is -2.33. The normalized spacial score (nSPS) is 13.5. The van der Waals surface area contributed by atoms with Crippen molar-refractivity contribution in [3.05, 3.63) is 29.6 Å². The van der Waals surface area contributed by atoms with Gasteiger partial charge in [0.15, 0.2) is 0 Å². The third kappa shape index (κ3) is 5.41. The fourth-order valence-electron chi connectivity index (χ4n) is 1.94. The maximum absolute atomic E-state index is 13.6. The van der Waals surface area contributed by atoms with Crippen molar-refractivity contribution in [2.75, 3.05) is 5.73 Å². The average Bonchev–Trinajstić information content (AvgIpc) is 2.37. The predicted octanol–water partition coefficient (Wildman–Crippen LogP) is 2.42. The first kappa shape index (κ1) is 16.9. The number of rotatable bonds is 7. The number of aliphatic carboxylic acids is 1. The Morgan fingerprint density at radius 1 is 1.33 bits per heavy atom. The molecule has 1 amide bonds. The molecule has 5 nitrogen and oxygen atoms in total. The molecule has 116 valence electrons. The van der Waals surface area contributed by atoms with Crippen LogP contribution in [-0.2, 0) is 4.79 Å². The second kappa shape index (κ2) is 7.61. The number of hydrogen-bond acceptors (Lipinski definition) is 3. The van der Waals surface area contributed by atoms with Crippen LogP contribution < -0.4 is 11.1 Å². The Kier molecular flexibility index (Phi) is 6.14. The van der Waals surface area contributed by atoms with Gasteiger partial charge < -0.3 is 16.2 Å². The van der Waals surface area contributed by atoms with Gasteiger partial charge in [-0.15, -0.1) is 0 Å². The lowest BCUT2D eigenvalue weighted by Gasteiger charge is -2.15. The van der Waals surface area contributed by atoms with E-state index in [1.165, 1.54) is 12.1 Å². The molecule has 0 bridgehead atoms. The number of halogens is 1. The van der Waals surface area contributed by atoms with Crippen molar-refractivity contribution in [2.24, 2.45) is 5.92 Å². The van der Waals surface area contributed by atoms with Gasteiger partial charge in [0.05, 0.1) is 11.5 Å². The lowest BCUT2D eigenvalue weighted by atomic mass is 10.0. The fraction of sp³-hybridized carbons (Fsp3) is 0.467. The highest BCUT2D eigenvalue weighted by Gasteiger charge is 2.15. The second-order valence-electron chi connectivity index (χ2n) is 5.28. The van der Waals surface area contributed by atoms with Gasteiger partial charge in [0.2, 0.25) is 0 Å². The van der Waals surface area contributed by atoms with Crippen molar-refractivity contribution in [1.29, 1.82) is 0 Å². The van der Waals surface area contributed by atoms with Crippen LogP contribution >= 0.6 is 0 Å². The van der Waals surface area contributed by atoms with E-state index in [1.54, 1.807) is 13.8 Å². The first-order chi connectivity index (χ1) is 9.81.